The second-order valence-corrected chi connectivity index (χ2v) is 7.43. The predicted octanol–water partition coefficient (Wildman–Crippen LogP) is 2.28. The molecule has 0 spiro atoms. The van der Waals surface area contributed by atoms with E-state index in [1.54, 1.807) is 43.5 Å². The summed E-state index contributed by atoms with van der Waals surface area (Å²) in [7, 11) is 4.53. The monoisotopic (exact) mass is 467 g/mol. The number of carboxylic acids is 1. The van der Waals surface area contributed by atoms with Crippen LogP contribution in [0.4, 0.5) is 10.5 Å². The summed E-state index contributed by atoms with van der Waals surface area (Å²) in [5.74, 6) is -1.15. The van der Waals surface area contributed by atoms with E-state index in [2.05, 4.69) is 5.32 Å². The third-order valence-corrected chi connectivity index (χ3v) is 5.25. The summed E-state index contributed by atoms with van der Waals surface area (Å²) < 4.78 is 10.8. The normalized spacial score (nSPS) is 15.1. The summed E-state index contributed by atoms with van der Waals surface area (Å²) >= 11 is 0. The van der Waals surface area contributed by atoms with Gasteiger partial charge < -0.3 is 24.8 Å². The van der Waals surface area contributed by atoms with Crippen LogP contribution < -0.4 is 19.7 Å². The van der Waals surface area contributed by atoms with Gasteiger partial charge in [-0.1, -0.05) is 12.1 Å². The number of aliphatic carboxylic acids is 1. The molecule has 10 nitrogen and oxygen atoms in total. The van der Waals surface area contributed by atoms with E-state index in [1.165, 1.54) is 31.3 Å². The number of amides is 3. The summed E-state index contributed by atoms with van der Waals surface area (Å²) in [5, 5.41) is 11.4. The molecule has 2 aromatic carbocycles. The lowest BCUT2D eigenvalue weighted by Crippen LogP contribution is -2.57. The molecule has 1 atom stereocenters. The fourth-order valence-electron chi connectivity index (χ4n) is 3.51. The maximum absolute atomic E-state index is 13.1. The number of rotatable bonds is 8. The van der Waals surface area contributed by atoms with Crippen LogP contribution in [0.2, 0.25) is 0 Å². The summed E-state index contributed by atoms with van der Waals surface area (Å²) in [4.78, 5) is 51.9. The SMILES string of the molecule is COc1cccc(-c2cc(N(C(=O)NCCC(=O)O)[C@H]3C(=O)C=CN(C)C3=O)ccc2OC)c1. The fraction of sp³-hybridized carbons (Fsp3) is 0.250. The number of carbonyl (C=O) groups excluding carboxylic acids is 3. The van der Waals surface area contributed by atoms with Crippen LogP contribution in [0.5, 0.6) is 11.5 Å². The molecule has 1 aliphatic rings. The zero-order valence-electron chi connectivity index (χ0n) is 19.0. The highest BCUT2D eigenvalue weighted by atomic mass is 16.5. The molecule has 0 saturated carbocycles. The molecule has 34 heavy (non-hydrogen) atoms. The molecule has 1 heterocycles. The van der Waals surface area contributed by atoms with Crippen LogP contribution in [0.1, 0.15) is 6.42 Å². The summed E-state index contributed by atoms with van der Waals surface area (Å²) in [6.45, 7) is -0.176. The smallest absolute Gasteiger partial charge is 0.323 e. The van der Waals surface area contributed by atoms with E-state index in [4.69, 9.17) is 14.6 Å². The Morgan fingerprint density at radius 3 is 2.56 bits per heavy atom. The molecule has 3 amide bonds. The number of likely N-dealkylation sites (N-methyl/N-ethyl adjacent to an activating group) is 1. The Bertz CT molecular complexity index is 1150. The number of hydrogen-bond donors (Lipinski definition) is 2. The molecule has 0 unspecified atom stereocenters. The number of ketones is 1. The molecule has 0 saturated heterocycles. The quantitative estimate of drug-likeness (QED) is 0.571. The second-order valence-electron chi connectivity index (χ2n) is 7.43. The Labute approximate surface area is 196 Å². The molecule has 0 radical (unpaired) electrons. The van der Waals surface area contributed by atoms with Crippen molar-refractivity contribution in [2.24, 2.45) is 0 Å². The van der Waals surface area contributed by atoms with Gasteiger partial charge in [-0.15, -0.1) is 0 Å². The van der Waals surface area contributed by atoms with E-state index in [9.17, 15) is 19.2 Å². The molecule has 1 aliphatic heterocycles. The maximum atomic E-state index is 13.1. The lowest BCUT2D eigenvalue weighted by atomic mass is 10.0. The molecule has 10 heteroatoms. The average molecular weight is 467 g/mol. The zero-order valence-corrected chi connectivity index (χ0v) is 19.0. The number of urea groups is 1. The van der Waals surface area contributed by atoms with E-state index in [-0.39, 0.29) is 18.7 Å². The number of methoxy groups -OCH3 is 2. The van der Waals surface area contributed by atoms with Gasteiger partial charge in [-0.25, -0.2) is 4.79 Å². The number of anilines is 1. The van der Waals surface area contributed by atoms with E-state index in [0.717, 1.165) is 10.5 Å². The number of nitrogens with one attached hydrogen (secondary N) is 1. The largest absolute Gasteiger partial charge is 0.497 e. The number of nitrogens with zero attached hydrogens (tertiary/aromatic N) is 2. The van der Waals surface area contributed by atoms with Crippen molar-refractivity contribution in [2.45, 2.75) is 12.5 Å². The highest BCUT2D eigenvalue weighted by molar-refractivity contribution is 6.19. The first-order chi connectivity index (χ1) is 16.3. The summed E-state index contributed by atoms with van der Waals surface area (Å²) in [6, 6.07) is 9.76. The van der Waals surface area contributed by atoms with Crippen molar-refractivity contribution in [1.29, 1.82) is 0 Å². The van der Waals surface area contributed by atoms with Gasteiger partial charge in [0.2, 0.25) is 0 Å². The molecular weight excluding hydrogens is 442 g/mol. The van der Waals surface area contributed by atoms with Gasteiger partial charge in [-0.3, -0.25) is 19.3 Å². The van der Waals surface area contributed by atoms with E-state index >= 15 is 0 Å². The van der Waals surface area contributed by atoms with Crippen LogP contribution in [-0.4, -0.2) is 67.6 Å². The number of carbonyl (C=O) groups is 4. The summed E-state index contributed by atoms with van der Waals surface area (Å²) in [6.07, 6.45) is 2.23. The Kier molecular flexibility index (Phi) is 7.52. The molecule has 0 aliphatic carbocycles. The molecule has 2 aromatic rings. The maximum Gasteiger partial charge on any atom is 0.323 e. The first kappa shape index (κ1) is 24.3. The molecule has 178 valence electrons. The lowest BCUT2D eigenvalue weighted by Gasteiger charge is -2.33. The van der Waals surface area contributed by atoms with Gasteiger partial charge in [0.25, 0.3) is 5.91 Å². The van der Waals surface area contributed by atoms with E-state index in [0.29, 0.717) is 17.1 Å². The molecule has 0 bridgehead atoms. The van der Waals surface area contributed by atoms with Crippen molar-refractivity contribution in [2.75, 3.05) is 32.7 Å². The fourth-order valence-corrected chi connectivity index (χ4v) is 3.51. The van der Waals surface area contributed by atoms with Crippen molar-refractivity contribution in [3.63, 3.8) is 0 Å². The van der Waals surface area contributed by atoms with Crippen molar-refractivity contribution >= 4 is 29.4 Å². The molecule has 0 aromatic heterocycles. The van der Waals surface area contributed by atoms with Gasteiger partial charge in [0.1, 0.15) is 11.5 Å². The molecular formula is C24H25N3O7. The Morgan fingerprint density at radius 2 is 1.88 bits per heavy atom. The van der Waals surface area contributed by atoms with E-state index in [1.807, 2.05) is 6.07 Å². The van der Waals surface area contributed by atoms with E-state index < -0.39 is 29.7 Å². The standard InChI is InChI=1S/C24H25N3O7/c1-26-12-10-19(28)22(23(26)31)27(24(32)25-11-9-21(29)30)16-7-8-20(34-3)18(14-16)15-5-4-6-17(13-15)33-2/h4-8,10,12-14,22H,9,11H2,1-3H3,(H,25,32)(H,29,30)/t22-/m0/s1. The van der Waals surface area contributed by atoms with Crippen LogP contribution >= 0.6 is 0 Å². The molecule has 3 rings (SSSR count). The Hall–Kier alpha value is -4.34. The number of benzene rings is 2. The van der Waals surface area contributed by atoms with Crippen LogP contribution in [0.25, 0.3) is 11.1 Å². The van der Waals surface area contributed by atoms with Crippen molar-refractivity contribution in [1.82, 2.24) is 10.2 Å². The average Bonchev–Trinajstić information content (AvgIpc) is 2.83. The van der Waals surface area contributed by atoms with Crippen molar-refractivity contribution in [3.05, 3.63) is 54.7 Å². The molecule has 2 N–H and O–H groups in total. The summed E-state index contributed by atoms with van der Waals surface area (Å²) in [5.41, 5.74) is 1.58. The first-order valence-electron chi connectivity index (χ1n) is 10.4. The van der Waals surface area contributed by atoms with Crippen molar-refractivity contribution in [3.8, 4) is 22.6 Å². The topological polar surface area (TPSA) is 125 Å². The van der Waals surface area contributed by atoms with Gasteiger partial charge in [0.05, 0.1) is 20.6 Å². The second kappa shape index (κ2) is 10.5. The molecule has 0 fully saturated rings. The minimum Gasteiger partial charge on any atom is -0.497 e. The number of carboxylic acid groups (broad SMARTS) is 1. The number of hydrogen-bond acceptors (Lipinski definition) is 6. The highest BCUT2D eigenvalue weighted by Gasteiger charge is 2.39. The lowest BCUT2D eigenvalue weighted by molar-refractivity contribution is -0.137. The first-order valence-corrected chi connectivity index (χ1v) is 10.4. The Morgan fingerprint density at radius 1 is 1.12 bits per heavy atom. The predicted molar refractivity (Wildman–Crippen MR) is 124 cm³/mol. The van der Waals surface area contributed by atoms with Gasteiger partial charge in [0.15, 0.2) is 11.8 Å². The van der Waals surface area contributed by atoms with Gasteiger partial charge >= 0.3 is 12.0 Å². The minimum atomic E-state index is -1.45. The third kappa shape index (κ3) is 5.17. The van der Waals surface area contributed by atoms with Crippen LogP contribution in [0.15, 0.2) is 54.7 Å². The van der Waals surface area contributed by atoms with Gasteiger partial charge in [-0.2, -0.15) is 0 Å². The number of ether oxygens (including phenoxy) is 2. The Balaban J connectivity index is 2.10. The minimum absolute atomic E-state index is 0.176. The van der Waals surface area contributed by atoms with Crippen LogP contribution in [0, 0.1) is 0 Å². The zero-order chi connectivity index (χ0) is 24.8. The highest BCUT2D eigenvalue weighted by Crippen LogP contribution is 2.36. The third-order valence-electron chi connectivity index (χ3n) is 5.25. The van der Waals surface area contributed by atoms with Gasteiger partial charge in [0, 0.05) is 37.1 Å². The van der Waals surface area contributed by atoms with Gasteiger partial charge in [-0.05, 0) is 35.9 Å². The van der Waals surface area contributed by atoms with Crippen molar-refractivity contribution < 1.29 is 33.8 Å². The van der Waals surface area contributed by atoms with Crippen LogP contribution in [-0.2, 0) is 14.4 Å². The van der Waals surface area contributed by atoms with Crippen LogP contribution in [0.3, 0.4) is 0 Å².